The van der Waals surface area contributed by atoms with Crippen molar-refractivity contribution in [2.75, 3.05) is 19.7 Å². The summed E-state index contributed by atoms with van der Waals surface area (Å²) in [5.41, 5.74) is 0. The number of carbonyl (C=O) groups excluding carboxylic acids is 1. The van der Waals surface area contributed by atoms with Crippen LogP contribution >= 0.6 is 0 Å². The molecule has 0 aromatic rings. The largest absolute Gasteiger partial charge is 0.480 e. The maximum atomic E-state index is 12.0. The molecule has 0 aromatic heterocycles. The van der Waals surface area contributed by atoms with Gasteiger partial charge in [0, 0.05) is 19.5 Å². The van der Waals surface area contributed by atoms with Crippen LogP contribution in [0.4, 0.5) is 0 Å². The molecule has 0 aromatic carbocycles. The van der Waals surface area contributed by atoms with E-state index >= 15 is 0 Å². The lowest BCUT2D eigenvalue weighted by Crippen LogP contribution is -2.42. The highest BCUT2D eigenvalue weighted by molar-refractivity contribution is 5.76. The predicted molar refractivity (Wildman–Crippen MR) is 65.1 cm³/mol. The predicted octanol–water partition coefficient (Wildman–Crippen LogP) is 1.27. The van der Waals surface area contributed by atoms with Crippen LogP contribution in [0.3, 0.4) is 0 Å². The molecule has 5 heteroatoms. The Morgan fingerprint density at radius 2 is 1.83 bits per heavy atom. The summed E-state index contributed by atoms with van der Waals surface area (Å²) in [6.07, 6.45) is 5.86. The molecule has 5 nitrogen and oxygen atoms in total. The average Bonchev–Trinajstić information content (AvgIpc) is 2.31. The van der Waals surface area contributed by atoms with Crippen LogP contribution < -0.4 is 0 Å². The van der Waals surface area contributed by atoms with Gasteiger partial charge in [0.15, 0.2) is 0 Å². The lowest BCUT2D eigenvalue weighted by atomic mass is 9.82. The summed E-state index contributed by atoms with van der Waals surface area (Å²) in [5.74, 6) is -0.0617. The first-order valence-electron chi connectivity index (χ1n) is 6.76. The minimum absolute atomic E-state index is 0.00569. The molecule has 0 atom stereocenters. The fourth-order valence-electron chi connectivity index (χ4n) is 2.53. The Morgan fingerprint density at radius 1 is 1.17 bits per heavy atom. The zero-order chi connectivity index (χ0) is 13.0. The van der Waals surface area contributed by atoms with E-state index in [1.165, 1.54) is 19.3 Å². The van der Waals surface area contributed by atoms with Gasteiger partial charge in [0.25, 0.3) is 0 Å². The molecule has 0 bridgehead atoms. The molecule has 2 fully saturated rings. The summed E-state index contributed by atoms with van der Waals surface area (Å²) in [4.78, 5) is 24.3. The summed E-state index contributed by atoms with van der Waals surface area (Å²) < 4.78 is 5.25. The third kappa shape index (κ3) is 3.70. The topological polar surface area (TPSA) is 66.8 Å². The van der Waals surface area contributed by atoms with Crippen LogP contribution in [-0.2, 0) is 14.3 Å². The third-order valence-corrected chi connectivity index (χ3v) is 3.93. The van der Waals surface area contributed by atoms with Crippen molar-refractivity contribution in [3.8, 4) is 0 Å². The Balaban J connectivity index is 1.65. The van der Waals surface area contributed by atoms with Crippen molar-refractivity contribution >= 4 is 11.9 Å². The summed E-state index contributed by atoms with van der Waals surface area (Å²) in [6.45, 7) is 1.17. The molecule has 2 aliphatic rings. The van der Waals surface area contributed by atoms with Crippen molar-refractivity contribution in [1.29, 1.82) is 0 Å². The molecule has 1 N–H and O–H groups in total. The van der Waals surface area contributed by atoms with Gasteiger partial charge in [0.05, 0.1) is 6.10 Å². The van der Waals surface area contributed by atoms with Crippen LogP contribution in [0.2, 0.25) is 0 Å². The van der Waals surface area contributed by atoms with E-state index in [0.29, 0.717) is 25.4 Å². The smallest absolute Gasteiger partial charge is 0.329 e. The maximum absolute atomic E-state index is 12.0. The van der Waals surface area contributed by atoms with E-state index in [0.717, 1.165) is 12.8 Å². The molecule has 102 valence electrons. The van der Waals surface area contributed by atoms with Crippen LogP contribution in [0.5, 0.6) is 0 Å². The molecule has 0 radical (unpaired) electrons. The number of ether oxygens (including phenoxy) is 1. The number of hydrogen-bond donors (Lipinski definition) is 1. The van der Waals surface area contributed by atoms with E-state index in [1.54, 1.807) is 0 Å². The van der Waals surface area contributed by atoms with Crippen LogP contribution in [0.15, 0.2) is 0 Å². The van der Waals surface area contributed by atoms with Crippen molar-refractivity contribution in [1.82, 2.24) is 4.90 Å². The summed E-state index contributed by atoms with van der Waals surface area (Å²) >= 11 is 0. The average molecular weight is 255 g/mol. The van der Waals surface area contributed by atoms with Gasteiger partial charge in [-0.1, -0.05) is 6.42 Å². The van der Waals surface area contributed by atoms with Gasteiger partial charge in [0.1, 0.15) is 6.61 Å². The molecule has 0 spiro atoms. The van der Waals surface area contributed by atoms with E-state index < -0.39 is 5.97 Å². The second-order valence-corrected chi connectivity index (χ2v) is 5.29. The van der Waals surface area contributed by atoms with Crippen LogP contribution in [0, 0.1) is 5.92 Å². The molecule has 1 aliphatic carbocycles. The molecule has 1 saturated carbocycles. The van der Waals surface area contributed by atoms with Crippen molar-refractivity contribution in [3.63, 3.8) is 0 Å². The molecule has 2 rings (SSSR count). The van der Waals surface area contributed by atoms with E-state index in [2.05, 4.69) is 0 Å². The highest BCUT2D eigenvalue weighted by atomic mass is 16.5. The number of aliphatic carboxylic acids is 1. The molecular formula is C13H21NO4. The molecule has 1 aliphatic heterocycles. The summed E-state index contributed by atoms with van der Waals surface area (Å²) in [5, 5.41) is 8.53. The Labute approximate surface area is 107 Å². The molecule has 1 amide bonds. The first-order valence-corrected chi connectivity index (χ1v) is 6.76. The second-order valence-electron chi connectivity index (χ2n) is 5.29. The lowest BCUT2D eigenvalue weighted by Gasteiger charge is -2.34. The summed E-state index contributed by atoms with van der Waals surface area (Å²) in [7, 11) is 0. The molecular weight excluding hydrogens is 234 g/mol. The van der Waals surface area contributed by atoms with E-state index in [1.807, 2.05) is 4.90 Å². The maximum Gasteiger partial charge on any atom is 0.329 e. The molecule has 18 heavy (non-hydrogen) atoms. The minimum Gasteiger partial charge on any atom is -0.480 e. The van der Waals surface area contributed by atoms with Gasteiger partial charge in [-0.15, -0.1) is 0 Å². The number of carboxylic acid groups (broad SMARTS) is 1. The lowest BCUT2D eigenvalue weighted by molar-refractivity contribution is -0.147. The van der Waals surface area contributed by atoms with E-state index in [9.17, 15) is 9.59 Å². The fourth-order valence-corrected chi connectivity index (χ4v) is 2.53. The van der Waals surface area contributed by atoms with Gasteiger partial charge in [-0.05, 0) is 31.6 Å². The van der Waals surface area contributed by atoms with Crippen molar-refractivity contribution in [3.05, 3.63) is 0 Å². The van der Waals surface area contributed by atoms with Crippen molar-refractivity contribution < 1.29 is 19.4 Å². The number of nitrogens with zero attached hydrogens (tertiary/aromatic N) is 1. The zero-order valence-electron chi connectivity index (χ0n) is 10.6. The normalized spacial score (nSPS) is 21.7. The van der Waals surface area contributed by atoms with Crippen molar-refractivity contribution in [2.24, 2.45) is 5.92 Å². The van der Waals surface area contributed by atoms with Gasteiger partial charge < -0.3 is 14.7 Å². The van der Waals surface area contributed by atoms with Gasteiger partial charge in [0.2, 0.25) is 5.91 Å². The van der Waals surface area contributed by atoms with Crippen molar-refractivity contribution in [2.45, 2.75) is 44.6 Å². The first-order chi connectivity index (χ1) is 8.65. The summed E-state index contributed by atoms with van der Waals surface area (Å²) in [6, 6.07) is 0. The number of hydrogen-bond acceptors (Lipinski definition) is 3. The Kier molecular flexibility index (Phi) is 4.58. The SMILES string of the molecule is O=C(O)COC1CCN(C(=O)CC2CCC2)CC1. The minimum atomic E-state index is -0.932. The number of likely N-dealkylation sites (tertiary alicyclic amines) is 1. The Bertz CT molecular complexity index is 306. The second kappa shape index (κ2) is 6.18. The van der Waals surface area contributed by atoms with Gasteiger partial charge in [-0.2, -0.15) is 0 Å². The molecule has 1 saturated heterocycles. The van der Waals surface area contributed by atoms with Crippen LogP contribution in [0.1, 0.15) is 38.5 Å². The molecule has 0 unspecified atom stereocenters. The Morgan fingerprint density at radius 3 is 2.33 bits per heavy atom. The highest BCUT2D eigenvalue weighted by Gasteiger charge is 2.27. The Hall–Kier alpha value is -1.10. The van der Waals surface area contributed by atoms with E-state index in [-0.39, 0.29) is 18.6 Å². The number of rotatable bonds is 5. The number of amides is 1. The van der Waals surface area contributed by atoms with Crippen LogP contribution in [0.25, 0.3) is 0 Å². The quantitative estimate of drug-likeness (QED) is 0.803. The van der Waals surface area contributed by atoms with Gasteiger partial charge in [-0.25, -0.2) is 4.79 Å². The first kappa shape index (κ1) is 13.3. The van der Waals surface area contributed by atoms with Gasteiger partial charge in [-0.3, -0.25) is 4.79 Å². The standard InChI is InChI=1S/C13H21NO4/c15-12(8-10-2-1-3-10)14-6-4-11(5-7-14)18-9-13(16)17/h10-11H,1-9H2,(H,16,17). The number of carboxylic acids is 1. The zero-order valence-corrected chi connectivity index (χ0v) is 10.6. The van der Waals surface area contributed by atoms with E-state index in [4.69, 9.17) is 9.84 Å². The number of piperidine rings is 1. The highest BCUT2D eigenvalue weighted by Crippen LogP contribution is 2.30. The third-order valence-electron chi connectivity index (χ3n) is 3.93. The van der Waals surface area contributed by atoms with Crippen LogP contribution in [-0.4, -0.2) is 47.7 Å². The number of carbonyl (C=O) groups is 2. The van der Waals surface area contributed by atoms with Gasteiger partial charge >= 0.3 is 5.97 Å². The molecule has 1 heterocycles. The fraction of sp³-hybridized carbons (Fsp3) is 0.846. The monoisotopic (exact) mass is 255 g/mol.